The van der Waals surface area contributed by atoms with Gasteiger partial charge in [-0.25, -0.2) is 13.9 Å². The molecule has 0 radical (unpaired) electrons. The van der Waals surface area contributed by atoms with Crippen LogP contribution in [0.5, 0.6) is 0 Å². The zero-order chi connectivity index (χ0) is 20.7. The predicted octanol–water partition coefficient (Wildman–Crippen LogP) is 4.92. The van der Waals surface area contributed by atoms with Crippen molar-refractivity contribution < 1.29 is 4.39 Å². The van der Waals surface area contributed by atoms with E-state index in [4.69, 9.17) is 10.4 Å². The predicted molar refractivity (Wildman–Crippen MR) is 113 cm³/mol. The first-order valence-electron chi connectivity index (χ1n) is 9.97. The van der Waals surface area contributed by atoms with Crippen molar-refractivity contribution in [3.63, 3.8) is 0 Å². The Morgan fingerprint density at radius 3 is 2.70 bits per heavy atom. The van der Waals surface area contributed by atoms with Crippen LogP contribution in [0.2, 0.25) is 0 Å². The van der Waals surface area contributed by atoms with E-state index in [1.165, 1.54) is 6.07 Å². The van der Waals surface area contributed by atoms with Gasteiger partial charge >= 0.3 is 0 Å². The van der Waals surface area contributed by atoms with Gasteiger partial charge in [0.25, 0.3) is 0 Å². The monoisotopic (exact) mass is 397 g/mol. The van der Waals surface area contributed by atoms with E-state index in [0.717, 1.165) is 47.7 Å². The van der Waals surface area contributed by atoms with Crippen LogP contribution in [0.3, 0.4) is 0 Å². The molecule has 2 aromatic heterocycles. The molecule has 4 aromatic rings. The number of imidazole rings is 1. The summed E-state index contributed by atoms with van der Waals surface area (Å²) in [5.74, 6) is 0.612. The highest BCUT2D eigenvalue weighted by Gasteiger charge is 2.39. The first-order valence-corrected chi connectivity index (χ1v) is 9.97. The van der Waals surface area contributed by atoms with E-state index in [1.807, 2.05) is 34.8 Å². The fourth-order valence-electron chi connectivity index (χ4n) is 4.37. The van der Waals surface area contributed by atoms with Gasteiger partial charge in [-0.3, -0.25) is 0 Å². The van der Waals surface area contributed by atoms with Crippen molar-refractivity contribution >= 4 is 11.5 Å². The van der Waals surface area contributed by atoms with Crippen LogP contribution in [-0.4, -0.2) is 21.1 Å². The fraction of sp³-hybridized carbons (Fsp3) is 0.208. The van der Waals surface area contributed by atoms with Crippen LogP contribution in [0.4, 0.5) is 10.2 Å². The lowest BCUT2D eigenvalue weighted by molar-refractivity contribution is 0.483. The smallest absolute Gasteiger partial charge is 0.154 e. The summed E-state index contributed by atoms with van der Waals surface area (Å²) in [6.07, 6.45) is 3.74. The molecule has 0 saturated carbocycles. The van der Waals surface area contributed by atoms with Crippen molar-refractivity contribution in [1.82, 2.24) is 14.6 Å². The zero-order valence-electron chi connectivity index (χ0n) is 16.6. The van der Waals surface area contributed by atoms with Gasteiger partial charge in [-0.2, -0.15) is 5.26 Å². The van der Waals surface area contributed by atoms with Crippen molar-refractivity contribution in [2.24, 2.45) is 0 Å². The van der Waals surface area contributed by atoms with Crippen LogP contribution in [0.15, 0.2) is 66.9 Å². The molecule has 1 fully saturated rings. The van der Waals surface area contributed by atoms with Gasteiger partial charge in [0.2, 0.25) is 0 Å². The minimum Gasteiger partial charge on any atom is -0.346 e. The normalized spacial score (nSPS) is 18.6. The third kappa shape index (κ3) is 2.91. The standard InChI is InChI=1S/C24H20FN5/c1-24(19-4-2-5-20(25)14-19)12-3-13-29(24)23-11-10-22-27-16-21(30(22)28-23)18-8-6-17(15-26)7-9-18/h2,4-11,14,16H,3,12-13H2,1H3. The molecule has 1 unspecified atom stereocenters. The molecule has 30 heavy (non-hydrogen) atoms. The Labute approximate surface area is 174 Å². The van der Waals surface area contributed by atoms with E-state index in [0.29, 0.717) is 5.56 Å². The van der Waals surface area contributed by atoms with Gasteiger partial charge < -0.3 is 4.90 Å². The Hall–Kier alpha value is -3.72. The summed E-state index contributed by atoms with van der Waals surface area (Å²) in [5, 5.41) is 13.9. The molecule has 0 spiro atoms. The third-order valence-corrected chi connectivity index (χ3v) is 6.02. The fourth-order valence-corrected chi connectivity index (χ4v) is 4.37. The lowest BCUT2D eigenvalue weighted by Crippen LogP contribution is -2.39. The number of anilines is 1. The van der Waals surface area contributed by atoms with Gasteiger partial charge in [-0.1, -0.05) is 24.3 Å². The largest absolute Gasteiger partial charge is 0.346 e. The van der Waals surface area contributed by atoms with E-state index in [-0.39, 0.29) is 11.4 Å². The van der Waals surface area contributed by atoms with Crippen LogP contribution in [-0.2, 0) is 5.54 Å². The number of nitriles is 1. The Morgan fingerprint density at radius 1 is 1.10 bits per heavy atom. The summed E-state index contributed by atoms with van der Waals surface area (Å²) in [5.41, 5.74) is 3.81. The van der Waals surface area contributed by atoms with Crippen molar-refractivity contribution in [2.75, 3.05) is 11.4 Å². The van der Waals surface area contributed by atoms with E-state index in [2.05, 4.69) is 22.9 Å². The number of rotatable bonds is 3. The highest BCUT2D eigenvalue weighted by molar-refractivity contribution is 5.64. The number of fused-ring (bicyclic) bond motifs is 1. The molecular formula is C24H20FN5. The molecule has 0 N–H and O–H groups in total. The topological polar surface area (TPSA) is 57.2 Å². The van der Waals surface area contributed by atoms with Crippen LogP contribution in [0.25, 0.3) is 16.9 Å². The third-order valence-electron chi connectivity index (χ3n) is 6.02. The molecule has 1 aliphatic heterocycles. The summed E-state index contributed by atoms with van der Waals surface area (Å²) >= 11 is 0. The Morgan fingerprint density at radius 2 is 1.93 bits per heavy atom. The highest BCUT2D eigenvalue weighted by Crippen LogP contribution is 2.41. The Balaban J connectivity index is 1.58. The molecular weight excluding hydrogens is 377 g/mol. The average molecular weight is 397 g/mol. The molecule has 2 aromatic carbocycles. The molecule has 5 nitrogen and oxygen atoms in total. The Bertz CT molecular complexity index is 1270. The molecule has 6 heteroatoms. The number of aromatic nitrogens is 3. The Kier molecular flexibility index (Phi) is 4.25. The van der Waals surface area contributed by atoms with Gasteiger partial charge in [-0.05, 0) is 61.7 Å². The molecule has 1 saturated heterocycles. The van der Waals surface area contributed by atoms with E-state index >= 15 is 0 Å². The maximum absolute atomic E-state index is 13.9. The molecule has 148 valence electrons. The maximum atomic E-state index is 13.9. The quantitative estimate of drug-likeness (QED) is 0.492. The molecule has 5 rings (SSSR count). The van der Waals surface area contributed by atoms with Gasteiger partial charge in [0.15, 0.2) is 5.65 Å². The van der Waals surface area contributed by atoms with Crippen LogP contribution < -0.4 is 4.90 Å². The second-order valence-corrected chi connectivity index (χ2v) is 7.83. The van der Waals surface area contributed by atoms with Gasteiger partial charge in [0, 0.05) is 12.1 Å². The number of hydrogen-bond acceptors (Lipinski definition) is 4. The molecule has 0 amide bonds. The first kappa shape index (κ1) is 18.3. The van der Waals surface area contributed by atoms with Crippen molar-refractivity contribution in [2.45, 2.75) is 25.3 Å². The van der Waals surface area contributed by atoms with Gasteiger partial charge in [0.1, 0.15) is 11.6 Å². The highest BCUT2D eigenvalue weighted by atomic mass is 19.1. The zero-order valence-corrected chi connectivity index (χ0v) is 16.6. The number of nitrogens with zero attached hydrogens (tertiary/aromatic N) is 5. The number of benzene rings is 2. The van der Waals surface area contributed by atoms with Crippen LogP contribution in [0.1, 0.15) is 30.9 Å². The maximum Gasteiger partial charge on any atom is 0.154 e. The van der Waals surface area contributed by atoms with Crippen molar-refractivity contribution in [3.8, 4) is 17.3 Å². The first-order chi connectivity index (χ1) is 14.6. The van der Waals surface area contributed by atoms with E-state index in [9.17, 15) is 4.39 Å². The number of hydrogen-bond donors (Lipinski definition) is 0. The van der Waals surface area contributed by atoms with Crippen LogP contribution >= 0.6 is 0 Å². The van der Waals surface area contributed by atoms with Crippen molar-refractivity contribution in [1.29, 1.82) is 5.26 Å². The summed E-state index contributed by atoms with van der Waals surface area (Å²) in [7, 11) is 0. The van der Waals surface area contributed by atoms with E-state index in [1.54, 1.807) is 30.5 Å². The number of halogens is 1. The summed E-state index contributed by atoms with van der Waals surface area (Å²) in [4.78, 5) is 6.73. The second kappa shape index (κ2) is 6.96. The molecule has 3 heterocycles. The molecule has 0 aliphatic carbocycles. The summed E-state index contributed by atoms with van der Waals surface area (Å²) in [6.45, 7) is 3.00. The average Bonchev–Trinajstić information content (AvgIpc) is 3.37. The van der Waals surface area contributed by atoms with Crippen molar-refractivity contribution in [3.05, 3.63) is 83.8 Å². The lowest BCUT2D eigenvalue weighted by atomic mass is 9.89. The van der Waals surface area contributed by atoms with Gasteiger partial charge in [0.05, 0.1) is 29.1 Å². The molecule has 1 atom stereocenters. The SMILES string of the molecule is CC1(c2cccc(F)c2)CCCN1c1ccc2ncc(-c3ccc(C#N)cc3)n2n1. The minimum absolute atomic E-state index is 0.221. The molecule has 1 aliphatic rings. The minimum atomic E-state index is -0.321. The van der Waals surface area contributed by atoms with E-state index < -0.39 is 0 Å². The summed E-state index contributed by atoms with van der Waals surface area (Å²) in [6, 6.07) is 20.3. The van der Waals surface area contributed by atoms with Gasteiger partial charge in [-0.15, -0.1) is 5.10 Å². The second-order valence-electron chi connectivity index (χ2n) is 7.83. The lowest BCUT2D eigenvalue weighted by Gasteiger charge is -2.36. The van der Waals surface area contributed by atoms with Crippen LogP contribution in [0, 0.1) is 17.1 Å². The summed E-state index contributed by atoms with van der Waals surface area (Å²) < 4.78 is 15.7. The molecule has 0 bridgehead atoms.